The predicted octanol–water partition coefficient (Wildman–Crippen LogP) is 2.46. The minimum atomic E-state index is 0.223. The lowest BCUT2D eigenvalue weighted by Gasteiger charge is -2.07. The minimum Gasteiger partial charge on any atom is -0.339 e. The van der Waals surface area contributed by atoms with E-state index >= 15 is 0 Å². The van der Waals surface area contributed by atoms with Crippen LogP contribution >= 0.6 is 0 Å². The first-order chi connectivity index (χ1) is 9.56. The summed E-state index contributed by atoms with van der Waals surface area (Å²) in [5.74, 6) is 1.79. The van der Waals surface area contributed by atoms with Crippen molar-refractivity contribution in [1.29, 1.82) is 0 Å². The lowest BCUT2D eigenvalue weighted by molar-refractivity contribution is 0.349. The van der Waals surface area contributed by atoms with Gasteiger partial charge in [0.15, 0.2) is 0 Å². The van der Waals surface area contributed by atoms with Crippen molar-refractivity contribution in [1.82, 2.24) is 20.1 Å². The lowest BCUT2D eigenvalue weighted by Crippen LogP contribution is -2.14. The molecule has 2 aromatic rings. The third-order valence-corrected chi connectivity index (χ3v) is 3.14. The van der Waals surface area contributed by atoms with E-state index in [1.165, 1.54) is 0 Å². The molecular formula is C14H21N5O. The third kappa shape index (κ3) is 3.84. The van der Waals surface area contributed by atoms with Crippen LogP contribution < -0.4 is 5.73 Å². The first kappa shape index (κ1) is 14.6. The summed E-state index contributed by atoms with van der Waals surface area (Å²) in [5.41, 5.74) is 6.74. The summed E-state index contributed by atoms with van der Waals surface area (Å²) in [6.07, 6.45) is 6.52. The smallest absolute Gasteiger partial charge is 0.240 e. The molecule has 0 bridgehead atoms. The van der Waals surface area contributed by atoms with Gasteiger partial charge in [0.1, 0.15) is 0 Å². The minimum absolute atomic E-state index is 0.223. The first-order valence-electron chi connectivity index (χ1n) is 6.94. The van der Waals surface area contributed by atoms with Crippen LogP contribution in [0.2, 0.25) is 0 Å². The van der Waals surface area contributed by atoms with Gasteiger partial charge in [-0.25, -0.2) is 9.97 Å². The molecule has 2 rings (SSSR count). The van der Waals surface area contributed by atoms with Gasteiger partial charge in [-0.3, -0.25) is 0 Å². The standard InChI is InChI=1S/C14H21N5O/c1-9-7-16-12(17-8-9)13-18-14(20-19-13)10(2)5-4-6-11(3)15/h7-8,10-11H,4-6,15H2,1-3H3. The first-order valence-corrected chi connectivity index (χ1v) is 6.94. The van der Waals surface area contributed by atoms with Crippen molar-refractivity contribution in [2.24, 2.45) is 5.73 Å². The molecule has 0 aliphatic carbocycles. The summed E-state index contributed by atoms with van der Waals surface area (Å²) in [6, 6.07) is 0.237. The van der Waals surface area contributed by atoms with E-state index in [1.54, 1.807) is 12.4 Å². The molecule has 2 atom stereocenters. The van der Waals surface area contributed by atoms with E-state index in [0.717, 1.165) is 24.8 Å². The average molecular weight is 275 g/mol. The second kappa shape index (κ2) is 6.56. The second-order valence-electron chi connectivity index (χ2n) is 5.35. The van der Waals surface area contributed by atoms with Gasteiger partial charge in [-0.2, -0.15) is 4.98 Å². The van der Waals surface area contributed by atoms with Crippen LogP contribution in [0.3, 0.4) is 0 Å². The Labute approximate surface area is 118 Å². The fraction of sp³-hybridized carbons (Fsp3) is 0.571. The van der Waals surface area contributed by atoms with Crippen LogP contribution in [0.25, 0.3) is 11.6 Å². The second-order valence-corrected chi connectivity index (χ2v) is 5.35. The van der Waals surface area contributed by atoms with E-state index in [-0.39, 0.29) is 12.0 Å². The van der Waals surface area contributed by atoms with Gasteiger partial charge in [0.2, 0.25) is 17.5 Å². The quantitative estimate of drug-likeness (QED) is 0.870. The Kier molecular flexibility index (Phi) is 4.79. The molecule has 108 valence electrons. The monoisotopic (exact) mass is 275 g/mol. The number of aryl methyl sites for hydroxylation is 1. The maximum absolute atomic E-state index is 5.74. The zero-order valence-electron chi connectivity index (χ0n) is 12.2. The summed E-state index contributed by atoms with van der Waals surface area (Å²) < 4.78 is 5.30. The summed E-state index contributed by atoms with van der Waals surface area (Å²) in [4.78, 5) is 12.8. The van der Waals surface area contributed by atoms with Crippen molar-refractivity contribution in [3.8, 4) is 11.6 Å². The number of hydrogen-bond donors (Lipinski definition) is 1. The molecule has 0 saturated carbocycles. The fourth-order valence-electron chi connectivity index (χ4n) is 1.90. The molecule has 2 unspecified atom stereocenters. The van der Waals surface area contributed by atoms with Crippen LogP contribution in [0.1, 0.15) is 50.5 Å². The van der Waals surface area contributed by atoms with Crippen molar-refractivity contribution in [3.63, 3.8) is 0 Å². The molecule has 0 amide bonds. The van der Waals surface area contributed by atoms with Crippen LogP contribution in [0.15, 0.2) is 16.9 Å². The highest BCUT2D eigenvalue weighted by molar-refractivity contribution is 5.41. The van der Waals surface area contributed by atoms with Crippen molar-refractivity contribution < 1.29 is 4.52 Å². The molecule has 6 heteroatoms. The zero-order chi connectivity index (χ0) is 14.5. The van der Waals surface area contributed by atoms with Gasteiger partial charge in [0, 0.05) is 24.4 Å². The van der Waals surface area contributed by atoms with Gasteiger partial charge in [-0.05, 0) is 32.3 Å². The Balaban J connectivity index is 1.99. The van der Waals surface area contributed by atoms with Crippen LogP contribution in [0.4, 0.5) is 0 Å². The molecule has 0 aromatic carbocycles. The highest BCUT2D eigenvalue weighted by Gasteiger charge is 2.16. The number of nitrogens with zero attached hydrogens (tertiary/aromatic N) is 4. The molecule has 2 N–H and O–H groups in total. The molecular weight excluding hydrogens is 254 g/mol. The number of aromatic nitrogens is 4. The van der Waals surface area contributed by atoms with E-state index in [0.29, 0.717) is 17.5 Å². The Morgan fingerprint density at radius 2 is 1.85 bits per heavy atom. The van der Waals surface area contributed by atoms with Crippen molar-refractivity contribution in [3.05, 3.63) is 23.8 Å². The Hall–Kier alpha value is -1.82. The highest BCUT2D eigenvalue weighted by atomic mass is 16.5. The topological polar surface area (TPSA) is 90.7 Å². The summed E-state index contributed by atoms with van der Waals surface area (Å²) in [6.45, 7) is 6.03. The van der Waals surface area contributed by atoms with E-state index < -0.39 is 0 Å². The van der Waals surface area contributed by atoms with Crippen molar-refractivity contribution in [2.45, 2.75) is 52.0 Å². The number of rotatable bonds is 6. The largest absolute Gasteiger partial charge is 0.339 e. The number of hydrogen-bond acceptors (Lipinski definition) is 6. The fourth-order valence-corrected chi connectivity index (χ4v) is 1.90. The molecule has 0 aliphatic heterocycles. The van der Waals surface area contributed by atoms with Crippen molar-refractivity contribution >= 4 is 0 Å². The SMILES string of the molecule is Cc1cnc(-c2noc(C(C)CCCC(C)N)n2)nc1. The van der Waals surface area contributed by atoms with E-state index in [4.69, 9.17) is 10.3 Å². The van der Waals surface area contributed by atoms with Gasteiger partial charge in [0.25, 0.3) is 0 Å². The normalized spacial score (nSPS) is 14.2. The highest BCUT2D eigenvalue weighted by Crippen LogP contribution is 2.22. The van der Waals surface area contributed by atoms with Crippen LogP contribution in [-0.2, 0) is 0 Å². The van der Waals surface area contributed by atoms with Gasteiger partial charge >= 0.3 is 0 Å². The van der Waals surface area contributed by atoms with Crippen molar-refractivity contribution in [2.75, 3.05) is 0 Å². The van der Waals surface area contributed by atoms with Gasteiger partial charge in [0.05, 0.1) is 0 Å². The third-order valence-electron chi connectivity index (χ3n) is 3.14. The zero-order valence-corrected chi connectivity index (χ0v) is 12.2. The summed E-state index contributed by atoms with van der Waals surface area (Å²) in [5, 5.41) is 3.94. The average Bonchev–Trinajstić information content (AvgIpc) is 2.88. The summed E-state index contributed by atoms with van der Waals surface area (Å²) in [7, 11) is 0. The molecule has 2 heterocycles. The maximum Gasteiger partial charge on any atom is 0.240 e. The predicted molar refractivity (Wildman–Crippen MR) is 76.0 cm³/mol. The number of nitrogens with two attached hydrogens (primary N) is 1. The molecule has 2 aromatic heterocycles. The Morgan fingerprint density at radius 1 is 1.15 bits per heavy atom. The molecule has 20 heavy (non-hydrogen) atoms. The Morgan fingerprint density at radius 3 is 2.50 bits per heavy atom. The molecule has 0 fully saturated rings. The Bertz CT molecular complexity index is 535. The van der Waals surface area contributed by atoms with Gasteiger partial charge in [-0.1, -0.05) is 18.5 Å². The molecule has 0 spiro atoms. The van der Waals surface area contributed by atoms with Crippen LogP contribution in [0.5, 0.6) is 0 Å². The van der Waals surface area contributed by atoms with E-state index in [2.05, 4.69) is 27.0 Å². The van der Waals surface area contributed by atoms with Gasteiger partial charge < -0.3 is 10.3 Å². The van der Waals surface area contributed by atoms with Gasteiger partial charge in [-0.15, -0.1) is 0 Å². The van der Waals surface area contributed by atoms with Crippen LogP contribution in [-0.4, -0.2) is 26.2 Å². The van der Waals surface area contributed by atoms with E-state index in [1.807, 2.05) is 13.8 Å². The van der Waals surface area contributed by atoms with Crippen LogP contribution in [0, 0.1) is 6.92 Å². The molecule has 6 nitrogen and oxygen atoms in total. The molecule has 0 saturated heterocycles. The van der Waals surface area contributed by atoms with E-state index in [9.17, 15) is 0 Å². The molecule has 0 radical (unpaired) electrons. The maximum atomic E-state index is 5.74. The summed E-state index contributed by atoms with van der Waals surface area (Å²) >= 11 is 0. The molecule has 0 aliphatic rings. The lowest BCUT2D eigenvalue weighted by atomic mass is 10.0.